The van der Waals surface area contributed by atoms with E-state index in [-0.39, 0.29) is 51.0 Å². The second-order valence-electron chi connectivity index (χ2n) is 7.76. The fraction of sp³-hybridized carbons (Fsp3) is 0.333. The molecule has 1 atom stereocenters. The zero-order valence-electron chi connectivity index (χ0n) is 18.9. The second-order valence-corrected chi connectivity index (χ2v) is 8.17. The first-order valence-corrected chi connectivity index (χ1v) is 11.2. The lowest BCUT2D eigenvalue weighted by Gasteiger charge is -2.28. The summed E-state index contributed by atoms with van der Waals surface area (Å²) in [4.78, 5) is 29.0. The van der Waals surface area contributed by atoms with Crippen molar-refractivity contribution >= 4 is 23.1 Å². The molecule has 0 aliphatic carbocycles. The lowest BCUT2D eigenvalue weighted by Crippen LogP contribution is -2.42. The van der Waals surface area contributed by atoms with Crippen molar-refractivity contribution in [3.63, 3.8) is 0 Å². The Morgan fingerprint density at radius 3 is 2.56 bits per heavy atom. The Hall–Kier alpha value is -3.11. The van der Waals surface area contributed by atoms with Gasteiger partial charge < -0.3 is 25.2 Å². The lowest BCUT2D eigenvalue weighted by atomic mass is 10.2. The Bertz CT molecular complexity index is 1180. The van der Waals surface area contributed by atoms with E-state index in [0.717, 1.165) is 11.1 Å². The maximum Gasteiger partial charge on any atom is 0.330 e. The third-order valence-corrected chi connectivity index (χ3v) is 5.59. The number of ether oxygens (including phenoxy) is 2. The molecule has 4 N–H and O–H groups in total. The van der Waals surface area contributed by atoms with Gasteiger partial charge in [0.15, 0.2) is 0 Å². The smallest absolute Gasteiger partial charge is 0.330 e. The highest BCUT2D eigenvalue weighted by atomic mass is 35.5. The van der Waals surface area contributed by atoms with Gasteiger partial charge in [-0.05, 0) is 17.2 Å². The van der Waals surface area contributed by atoms with Crippen LogP contribution in [0.2, 0.25) is 5.02 Å². The average molecular weight is 489 g/mol. The fourth-order valence-corrected chi connectivity index (χ4v) is 3.74. The summed E-state index contributed by atoms with van der Waals surface area (Å²) >= 11 is 6.15. The molecule has 0 bridgehead atoms. The predicted molar refractivity (Wildman–Crippen MR) is 132 cm³/mol. The molecule has 9 nitrogen and oxygen atoms in total. The predicted octanol–water partition coefficient (Wildman–Crippen LogP) is 2.00. The summed E-state index contributed by atoms with van der Waals surface area (Å²) in [7, 11) is 1.51. The van der Waals surface area contributed by atoms with Gasteiger partial charge in [-0.3, -0.25) is 14.3 Å². The van der Waals surface area contributed by atoms with Crippen LogP contribution in [0.1, 0.15) is 11.1 Å². The minimum absolute atomic E-state index is 0.00548. The first kappa shape index (κ1) is 25.5. The second kappa shape index (κ2) is 12.4. The highest BCUT2D eigenvalue weighted by Crippen LogP contribution is 2.20. The zero-order chi connectivity index (χ0) is 24.5. The number of aromatic amines is 1. The first-order chi connectivity index (χ1) is 16.4. The zero-order valence-corrected chi connectivity index (χ0v) is 19.7. The largest absolute Gasteiger partial charge is 0.389 e. The van der Waals surface area contributed by atoms with Gasteiger partial charge in [-0.1, -0.05) is 60.1 Å². The number of aliphatic hydroxyl groups is 1. The lowest BCUT2D eigenvalue weighted by molar-refractivity contribution is 0.0318. The molecule has 10 heteroatoms. The summed E-state index contributed by atoms with van der Waals surface area (Å²) in [6.45, 7) is 1.00. The minimum atomic E-state index is -0.940. The summed E-state index contributed by atoms with van der Waals surface area (Å²) in [5, 5.41) is 11.3. The molecule has 0 spiro atoms. The van der Waals surface area contributed by atoms with Gasteiger partial charge >= 0.3 is 5.69 Å². The number of H-pyrrole nitrogens is 1. The molecule has 0 radical (unpaired) electrons. The fourth-order valence-electron chi connectivity index (χ4n) is 3.55. The molecule has 0 amide bonds. The molecule has 1 unspecified atom stereocenters. The van der Waals surface area contributed by atoms with Crippen LogP contribution in [-0.2, 0) is 29.2 Å². The van der Waals surface area contributed by atoms with E-state index in [1.165, 1.54) is 11.7 Å². The van der Waals surface area contributed by atoms with Gasteiger partial charge in [-0.2, -0.15) is 0 Å². The van der Waals surface area contributed by atoms with Crippen molar-refractivity contribution in [2.45, 2.75) is 25.8 Å². The normalized spacial score (nSPS) is 12.0. The van der Waals surface area contributed by atoms with E-state index in [4.69, 9.17) is 26.8 Å². The quantitative estimate of drug-likeness (QED) is 0.356. The van der Waals surface area contributed by atoms with E-state index < -0.39 is 17.4 Å². The first-order valence-electron chi connectivity index (χ1n) is 10.8. The average Bonchev–Trinajstić information content (AvgIpc) is 2.80. The van der Waals surface area contributed by atoms with Crippen molar-refractivity contribution in [1.29, 1.82) is 0 Å². The number of rotatable bonds is 12. The maximum atomic E-state index is 12.8. The van der Waals surface area contributed by atoms with E-state index in [0.29, 0.717) is 5.02 Å². The molecule has 0 saturated carbocycles. The van der Waals surface area contributed by atoms with E-state index in [1.807, 2.05) is 48.5 Å². The SMILES string of the molecule is COCCn1c(N)c(N(Cc2ccccc2)CC(O)COCc2ccccc2Cl)c(=O)[nH]c1=O. The number of aliphatic hydroxyl groups excluding tert-OH is 1. The Balaban J connectivity index is 1.82. The van der Waals surface area contributed by atoms with Gasteiger partial charge in [0.1, 0.15) is 11.5 Å². The van der Waals surface area contributed by atoms with Gasteiger partial charge in [0.05, 0.1) is 32.5 Å². The van der Waals surface area contributed by atoms with Crippen LogP contribution in [0.25, 0.3) is 0 Å². The summed E-state index contributed by atoms with van der Waals surface area (Å²) in [5.41, 5.74) is 6.83. The minimum Gasteiger partial charge on any atom is -0.389 e. The molecule has 1 aromatic heterocycles. The van der Waals surface area contributed by atoms with Crippen molar-refractivity contribution < 1.29 is 14.6 Å². The molecule has 3 aromatic rings. The van der Waals surface area contributed by atoms with Crippen molar-refractivity contribution in [3.05, 3.63) is 91.6 Å². The van der Waals surface area contributed by atoms with Gasteiger partial charge in [0.2, 0.25) is 0 Å². The van der Waals surface area contributed by atoms with Crippen LogP contribution in [0.3, 0.4) is 0 Å². The molecule has 0 fully saturated rings. The molecule has 182 valence electrons. The molecular weight excluding hydrogens is 460 g/mol. The van der Waals surface area contributed by atoms with Gasteiger partial charge in [0.25, 0.3) is 5.56 Å². The summed E-state index contributed by atoms with van der Waals surface area (Å²) in [6.07, 6.45) is -0.940. The Kier molecular flexibility index (Phi) is 9.29. The maximum absolute atomic E-state index is 12.8. The summed E-state index contributed by atoms with van der Waals surface area (Å²) in [6, 6.07) is 16.8. The number of halogens is 1. The summed E-state index contributed by atoms with van der Waals surface area (Å²) in [5.74, 6) is 0.00548. The van der Waals surface area contributed by atoms with Crippen LogP contribution in [0.15, 0.2) is 64.2 Å². The molecule has 34 heavy (non-hydrogen) atoms. The number of nitrogens with two attached hydrogens (primary N) is 1. The highest BCUT2D eigenvalue weighted by molar-refractivity contribution is 6.31. The third kappa shape index (κ3) is 6.71. The number of anilines is 2. The Morgan fingerprint density at radius 1 is 1.15 bits per heavy atom. The molecule has 2 aromatic carbocycles. The van der Waals surface area contributed by atoms with E-state index in [1.54, 1.807) is 11.0 Å². The van der Waals surface area contributed by atoms with Crippen LogP contribution in [-0.4, -0.2) is 47.6 Å². The molecule has 3 rings (SSSR count). The summed E-state index contributed by atoms with van der Waals surface area (Å²) < 4.78 is 12.0. The third-order valence-electron chi connectivity index (χ3n) is 5.22. The van der Waals surface area contributed by atoms with Crippen LogP contribution in [0.5, 0.6) is 0 Å². The molecule has 1 heterocycles. The monoisotopic (exact) mass is 488 g/mol. The molecule has 0 aliphatic rings. The number of nitrogen functional groups attached to an aromatic ring is 1. The molecule has 0 saturated heterocycles. The standard InChI is InChI=1S/C24H29ClN4O5/c1-33-12-11-29-22(26)21(23(31)27-24(29)32)28(13-17-7-3-2-4-8-17)14-19(30)16-34-15-18-9-5-6-10-20(18)25/h2-10,19,30H,11-16,26H2,1H3,(H,27,31,32). The van der Waals surface area contributed by atoms with Crippen LogP contribution >= 0.6 is 11.6 Å². The van der Waals surface area contributed by atoms with E-state index in [2.05, 4.69) is 4.98 Å². The number of methoxy groups -OCH3 is 1. The van der Waals surface area contributed by atoms with Crippen molar-refractivity contribution in [1.82, 2.24) is 9.55 Å². The number of nitrogens with zero attached hydrogens (tertiary/aromatic N) is 2. The van der Waals surface area contributed by atoms with Gasteiger partial charge in [-0.15, -0.1) is 0 Å². The number of aromatic nitrogens is 2. The molecule has 0 aliphatic heterocycles. The van der Waals surface area contributed by atoms with Crippen molar-refractivity contribution in [2.75, 3.05) is 37.5 Å². The number of hydrogen-bond acceptors (Lipinski definition) is 7. The van der Waals surface area contributed by atoms with Crippen LogP contribution in [0.4, 0.5) is 11.5 Å². The van der Waals surface area contributed by atoms with Gasteiger partial charge in [-0.25, -0.2) is 4.79 Å². The van der Waals surface area contributed by atoms with E-state index >= 15 is 0 Å². The van der Waals surface area contributed by atoms with Crippen LogP contribution < -0.4 is 21.9 Å². The van der Waals surface area contributed by atoms with Crippen molar-refractivity contribution in [2.24, 2.45) is 0 Å². The number of hydrogen-bond donors (Lipinski definition) is 3. The highest BCUT2D eigenvalue weighted by Gasteiger charge is 2.22. The molecular formula is C24H29ClN4O5. The van der Waals surface area contributed by atoms with E-state index in [9.17, 15) is 14.7 Å². The Labute approximate surface area is 202 Å². The Morgan fingerprint density at radius 2 is 1.85 bits per heavy atom. The number of benzene rings is 2. The van der Waals surface area contributed by atoms with Crippen molar-refractivity contribution in [3.8, 4) is 0 Å². The topological polar surface area (TPSA) is 123 Å². The number of nitrogens with one attached hydrogen (secondary N) is 1. The van der Waals surface area contributed by atoms with Crippen LogP contribution in [0, 0.1) is 0 Å². The van der Waals surface area contributed by atoms with Gasteiger partial charge in [0, 0.05) is 25.2 Å².